The van der Waals surface area contributed by atoms with Crippen LogP contribution in [0.15, 0.2) is 18.2 Å². The minimum Gasteiger partial charge on any atom is -0.490 e. The first-order valence-corrected chi connectivity index (χ1v) is 7.98. The maximum absolute atomic E-state index is 6.04. The van der Waals surface area contributed by atoms with Crippen LogP contribution in [0.4, 0.5) is 0 Å². The molecule has 0 bridgehead atoms. The average Bonchev–Trinajstić information content (AvgIpc) is 2.47. The minimum absolute atomic E-state index is 0.589. The molecule has 0 N–H and O–H groups in total. The molecule has 1 aromatic rings. The van der Waals surface area contributed by atoms with E-state index in [-0.39, 0.29) is 0 Å². The highest BCUT2D eigenvalue weighted by atomic mass is 79.9. The Balaban J connectivity index is 2.03. The first-order valence-electron chi connectivity index (χ1n) is 6.86. The molecule has 4 heteroatoms. The van der Waals surface area contributed by atoms with Gasteiger partial charge in [0, 0.05) is 24.1 Å². The lowest BCUT2D eigenvalue weighted by Gasteiger charge is -2.23. The van der Waals surface area contributed by atoms with Gasteiger partial charge in [-0.25, -0.2) is 0 Å². The summed E-state index contributed by atoms with van der Waals surface area (Å²) in [6, 6.07) is 6.04. The van der Waals surface area contributed by atoms with Crippen molar-refractivity contribution in [1.82, 2.24) is 0 Å². The van der Waals surface area contributed by atoms with Crippen molar-refractivity contribution in [3.8, 4) is 11.5 Å². The van der Waals surface area contributed by atoms with Gasteiger partial charge in [0.1, 0.15) is 0 Å². The van der Waals surface area contributed by atoms with E-state index in [0.717, 1.165) is 55.1 Å². The third kappa shape index (κ3) is 4.11. The van der Waals surface area contributed by atoms with Crippen LogP contribution in [0.1, 0.15) is 25.3 Å². The third-order valence-corrected chi connectivity index (χ3v) is 3.91. The van der Waals surface area contributed by atoms with Crippen LogP contribution >= 0.6 is 15.9 Å². The number of benzene rings is 1. The molecule has 106 valence electrons. The van der Waals surface area contributed by atoms with Gasteiger partial charge < -0.3 is 14.2 Å². The van der Waals surface area contributed by atoms with Gasteiger partial charge in [0.2, 0.25) is 0 Å². The molecule has 1 saturated heterocycles. The lowest BCUT2D eigenvalue weighted by atomic mass is 10.0. The molecular weight excluding hydrogens is 308 g/mol. The molecule has 0 aliphatic carbocycles. The second kappa shape index (κ2) is 7.75. The Morgan fingerprint density at radius 3 is 2.74 bits per heavy atom. The monoisotopic (exact) mass is 328 g/mol. The molecule has 0 spiro atoms. The summed E-state index contributed by atoms with van der Waals surface area (Å²) in [6.45, 7) is 5.09. The van der Waals surface area contributed by atoms with Gasteiger partial charge in [-0.15, -0.1) is 0 Å². The molecule has 0 saturated carbocycles. The van der Waals surface area contributed by atoms with Gasteiger partial charge in [-0.1, -0.05) is 28.1 Å². The molecular formula is C15H21BrO3. The first-order chi connectivity index (χ1) is 9.35. The van der Waals surface area contributed by atoms with Gasteiger partial charge in [-0.05, 0) is 31.7 Å². The maximum atomic E-state index is 6.04. The molecule has 2 rings (SSSR count). The SMILES string of the molecule is CCOc1cccc(CBr)c1OCC1CCOCC1. The zero-order chi connectivity index (χ0) is 13.5. The number of hydrogen-bond donors (Lipinski definition) is 0. The number of ether oxygens (including phenoxy) is 3. The zero-order valence-corrected chi connectivity index (χ0v) is 12.9. The third-order valence-electron chi connectivity index (χ3n) is 3.31. The molecule has 1 aromatic carbocycles. The fraction of sp³-hybridized carbons (Fsp3) is 0.600. The van der Waals surface area contributed by atoms with Crippen molar-refractivity contribution in [1.29, 1.82) is 0 Å². The molecule has 3 nitrogen and oxygen atoms in total. The largest absolute Gasteiger partial charge is 0.490 e. The van der Waals surface area contributed by atoms with E-state index in [4.69, 9.17) is 14.2 Å². The van der Waals surface area contributed by atoms with Crippen molar-refractivity contribution in [2.24, 2.45) is 5.92 Å². The predicted octanol–water partition coefficient (Wildman–Crippen LogP) is 3.79. The van der Waals surface area contributed by atoms with E-state index < -0.39 is 0 Å². The second-order valence-electron chi connectivity index (χ2n) is 4.68. The topological polar surface area (TPSA) is 27.7 Å². The Hall–Kier alpha value is -0.740. The summed E-state index contributed by atoms with van der Waals surface area (Å²) >= 11 is 3.50. The van der Waals surface area contributed by atoms with Crippen LogP contribution in [0.25, 0.3) is 0 Å². The van der Waals surface area contributed by atoms with E-state index in [0.29, 0.717) is 12.5 Å². The molecule has 0 amide bonds. The fourth-order valence-electron chi connectivity index (χ4n) is 2.21. The van der Waals surface area contributed by atoms with Crippen LogP contribution in [0.2, 0.25) is 0 Å². The Kier molecular flexibility index (Phi) is 5.98. The maximum Gasteiger partial charge on any atom is 0.165 e. The van der Waals surface area contributed by atoms with Crippen LogP contribution in [-0.4, -0.2) is 26.4 Å². The summed E-state index contributed by atoms with van der Waals surface area (Å²) in [5.74, 6) is 2.31. The Labute approximate surface area is 123 Å². The van der Waals surface area contributed by atoms with E-state index in [2.05, 4.69) is 22.0 Å². The van der Waals surface area contributed by atoms with Gasteiger partial charge >= 0.3 is 0 Å². The number of hydrogen-bond acceptors (Lipinski definition) is 3. The summed E-state index contributed by atoms with van der Waals surface area (Å²) in [4.78, 5) is 0. The van der Waals surface area contributed by atoms with Crippen LogP contribution in [0.3, 0.4) is 0 Å². The van der Waals surface area contributed by atoms with Crippen molar-refractivity contribution in [3.63, 3.8) is 0 Å². The highest BCUT2D eigenvalue weighted by molar-refractivity contribution is 9.08. The lowest BCUT2D eigenvalue weighted by molar-refractivity contribution is 0.0491. The molecule has 1 aliphatic heterocycles. The van der Waals surface area contributed by atoms with Crippen molar-refractivity contribution in [2.75, 3.05) is 26.4 Å². The Bertz CT molecular complexity index is 389. The van der Waals surface area contributed by atoms with Crippen LogP contribution in [0.5, 0.6) is 11.5 Å². The van der Waals surface area contributed by atoms with Crippen LogP contribution < -0.4 is 9.47 Å². The van der Waals surface area contributed by atoms with Gasteiger partial charge in [0.15, 0.2) is 11.5 Å². The van der Waals surface area contributed by atoms with E-state index in [9.17, 15) is 0 Å². The number of rotatable bonds is 6. The van der Waals surface area contributed by atoms with E-state index in [1.807, 2.05) is 19.1 Å². The molecule has 0 unspecified atom stereocenters. The summed E-state index contributed by atoms with van der Waals surface area (Å²) < 4.78 is 17.1. The molecule has 0 aromatic heterocycles. The predicted molar refractivity (Wildman–Crippen MR) is 79.3 cm³/mol. The van der Waals surface area contributed by atoms with Gasteiger partial charge in [-0.3, -0.25) is 0 Å². The van der Waals surface area contributed by atoms with E-state index in [1.165, 1.54) is 0 Å². The van der Waals surface area contributed by atoms with E-state index >= 15 is 0 Å². The minimum atomic E-state index is 0.589. The second-order valence-corrected chi connectivity index (χ2v) is 5.24. The molecule has 1 heterocycles. The highest BCUT2D eigenvalue weighted by Gasteiger charge is 2.17. The molecule has 1 aliphatic rings. The molecule has 19 heavy (non-hydrogen) atoms. The van der Waals surface area contributed by atoms with Crippen molar-refractivity contribution < 1.29 is 14.2 Å². The van der Waals surface area contributed by atoms with Crippen molar-refractivity contribution >= 4 is 15.9 Å². The Morgan fingerprint density at radius 1 is 1.26 bits per heavy atom. The number of halogens is 1. The zero-order valence-electron chi connectivity index (χ0n) is 11.4. The highest BCUT2D eigenvalue weighted by Crippen LogP contribution is 2.33. The van der Waals surface area contributed by atoms with E-state index in [1.54, 1.807) is 0 Å². The quantitative estimate of drug-likeness (QED) is 0.743. The fourth-order valence-corrected chi connectivity index (χ4v) is 2.66. The summed E-state index contributed by atoms with van der Waals surface area (Å²) in [7, 11) is 0. The molecule has 0 radical (unpaired) electrons. The van der Waals surface area contributed by atoms with Crippen LogP contribution in [0, 0.1) is 5.92 Å². The smallest absolute Gasteiger partial charge is 0.165 e. The summed E-state index contributed by atoms with van der Waals surface area (Å²) in [6.07, 6.45) is 2.17. The summed E-state index contributed by atoms with van der Waals surface area (Å²) in [5, 5.41) is 0.775. The lowest BCUT2D eigenvalue weighted by Crippen LogP contribution is -2.21. The number of alkyl halides is 1. The summed E-state index contributed by atoms with van der Waals surface area (Å²) in [5.41, 5.74) is 1.14. The molecule has 1 fully saturated rings. The first kappa shape index (κ1) is 14.7. The van der Waals surface area contributed by atoms with Crippen LogP contribution in [-0.2, 0) is 10.1 Å². The average molecular weight is 329 g/mol. The Morgan fingerprint density at radius 2 is 2.05 bits per heavy atom. The van der Waals surface area contributed by atoms with Crippen molar-refractivity contribution in [3.05, 3.63) is 23.8 Å². The number of para-hydroxylation sites is 1. The molecule has 0 atom stereocenters. The normalized spacial score (nSPS) is 16.3. The van der Waals surface area contributed by atoms with Gasteiger partial charge in [0.05, 0.1) is 13.2 Å². The standard InChI is InChI=1S/C15H21BrO3/c1-2-18-14-5-3-4-13(10-16)15(14)19-11-12-6-8-17-9-7-12/h3-5,12H,2,6-11H2,1H3. The van der Waals surface area contributed by atoms with Gasteiger partial charge in [-0.2, -0.15) is 0 Å². The van der Waals surface area contributed by atoms with Crippen molar-refractivity contribution in [2.45, 2.75) is 25.1 Å². The van der Waals surface area contributed by atoms with Gasteiger partial charge in [0.25, 0.3) is 0 Å².